The molecule has 0 spiro atoms. The van der Waals surface area contributed by atoms with Crippen molar-refractivity contribution < 1.29 is 23.4 Å². The molecule has 0 atom stereocenters. The van der Waals surface area contributed by atoms with Crippen LogP contribution in [0.5, 0.6) is 5.75 Å². The summed E-state index contributed by atoms with van der Waals surface area (Å²) in [7, 11) is 1.57. The van der Waals surface area contributed by atoms with E-state index < -0.39 is 11.4 Å². The van der Waals surface area contributed by atoms with E-state index in [-0.39, 0.29) is 11.8 Å². The van der Waals surface area contributed by atoms with Crippen LogP contribution in [0.25, 0.3) is 0 Å². The molecule has 1 aliphatic heterocycles. The first-order valence-corrected chi connectivity index (χ1v) is 8.44. The molecule has 1 aromatic rings. The van der Waals surface area contributed by atoms with E-state index in [1.165, 1.54) is 6.07 Å². The summed E-state index contributed by atoms with van der Waals surface area (Å²) < 4.78 is 29.7. The predicted molar refractivity (Wildman–Crippen MR) is 93.8 cm³/mol. The van der Waals surface area contributed by atoms with Crippen LogP contribution in [-0.2, 0) is 9.47 Å². The van der Waals surface area contributed by atoms with Gasteiger partial charge in [-0.25, -0.2) is 9.18 Å². The van der Waals surface area contributed by atoms with E-state index in [1.54, 1.807) is 18.1 Å². The highest BCUT2D eigenvalue weighted by Gasteiger charge is 2.26. The van der Waals surface area contributed by atoms with Gasteiger partial charge in [-0.15, -0.1) is 0 Å². The van der Waals surface area contributed by atoms with Gasteiger partial charge in [-0.2, -0.15) is 0 Å². The summed E-state index contributed by atoms with van der Waals surface area (Å²) in [5.74, 6) is -0.184. The highest BCUT2D eigenvalue weighted by Crippen LogP contribution is 2.25. The van der Waals surface area contributed by atoms with Crippen LogP contribution < -0.4 is 9.64 Å². The van der Waals surface area contributed by atoms with E-state index in [1.807, 2.05) is 31.7 Å². The normalized spacial score (nSPS) is 15.2. The van der Waals surface area contributed by atoms with Crippen LogP contribution in [-0.4, -0.2) is 63.1 Å². The van der Waals surface area contributed by atoms with Crippen molar-refractivity contribution in [2.45, 2.75) is 26.4 Å². The lowest BCUT2D eigenvalue weighted by atomic mass is 10.2. The third-order valence-electron chi connectivity index (χ3n) is 3.76. The summed E-state index contributed by atoms with van der Waals surface area (Å²) in [6.07, 6.45) is -0.305. The van der Waals surface area contributed by atoms with Gasteiger partial charge in [0.15, 0.2) is 11.6 Å². The number of amides is 1. The molecule has 1 aromatic carbocycles. The second-order valence-electron chi connectivity index (χ2n) is 6.91. The molecule has 0 N–H and O–H groups in total. The van der Waals surface area contributed by atoms with Crippen LogP contribution in [0.4, 0.5) is 14.9 Å². The molecule has 1 saturated heterocycles. The first-order valence-electron chi connectivity index (χ1n) is 8.44. The Morgan fingerprint density at radius 1 is 1.16 bits per heavy atom. The fourth-order valence-electron chi connectivity index (χ4n) is 2.51. The molecule has 1 fully saturated rings. The molecule has 1 aliphatic rings. The standard InChI is InChI=1S/C18H27FN2O4/c1-18(2,3)25-17(22)21-9-7-20(8-10-21)14-5-6-16(15(19)13-14)24-12-11-23-4/h5-6,13H,7-12H2,1-4H3. The molecule has 25 heavy (non-hydrogen) atoms. The van der Waals surface area contributed by atoms with Crippen LogP contribution in [0, 0.1) is 5.82 Å². The van der Waals surface area contributed by atoms with Crippen molar-refractivity contribution in [1.82, 2.24) is 4.90 Å². The zero-order valence-electron chi connectivity index (χ0n) is 15.4. The van der Waals surface area contributed by atoms with Gasteiger partial charge in [0.1, 0.15) is 12.2 Å². The molecule has 0 bridgehead atoms. The minimum absolute atomic E-state index is 0.216. The van der Waals surface area contributed by atoms with Gasteiger partial charge in [-0.3, -0.25) is 0 Å². The number of piperazine rings is 1. The number of carbonyl (C=O) groups is 1. The number of carbonyl (C=O) groups excluding carboxylic acids is 1. The van der Waals surface area contributed by atoms with E-state index >= 15 is 0 Å². The Kier molecular flexibility index (Phi) is 6.47. The lowest BCUT2D eigenvalue weighted by Crippen LogP contribution is -2.50. The molecule has 2 rings (SSSR count). The average molecular weight is 354 g/mol. The van der Waals surface area contributed by atoms with E-state index in [9.17, 15) is 9.18 Å². The summed E-state index contributed by atoms with van der Waals surface area (Å²) in [5.41, 5.74) is 0.274. The van der Waals surface area contributed by atoms with E-state index in [0.717, 1.165) is 5.69 Å². The second kappa shape index (κ2) is 8.38. The molecule has 0 radical (unpaired) electrons. The van der Waals surface area contributed by atoms with Crippen molar-refractivity contribution in [2.75, 3.05) is 51.4 Å². The van der Waals surface area contributed by atoms with Gasteiger partial charge in [-0.05, 0) is 32.9 Å². The maximum absolute atomic E-state index is 14.1. The number of halogens is 1. The fourth-order valence-corrected chi connectivity index (χ4v) is 2.51. The molecular weight excluding hydrogens is 327 g/mol. The molecule has 140 valence electrons. The maximum Gasteiger partial charge on any atom is 0.410 e. The Hall–Kier alpha value is -2.02. The third-order valence-corrected chi connectivity index (χ3v) is 3.76. The largest absolute Gasteiger partial charge is 0.488 e. The van der Waals surface area contributed by atoms with Gasteiger partial charge in [0.25, 0.3) is 0 Å². The zero-order chi connectivity index (χ0) is 18.4. The lowest BCUT2D eigenvalue weighted by Gasteiger charge is -2.36. The fraction of sp³-hybridized carbons (Fsp3) is 0.611. The van der Waals surface area contributed by atoms with Gasteiger partial charge >= 0.3 is 6.09 Å². The van der Waals surface area contributed by atoms with Gasteiger partial charge in [0, 0.05) is 45.0 Å². The van der Waals surface area contributed by atoms with Crippen LogP contribution in [0.2, 0.25) is 0 Å². The number of benzene rings is 1. The molecule has 0 saturated carbocycles. The number of hydrogen-bond donors (Lipinski definition) is 0. The molecule has 0 unspecified atom stereocenters. The Morgan fingerprint density at radius 2 is 1.84 bits per heavy atom. The van der Waals surface area contributed by atoms with Crippen molar-refractivity contribution in [3.05, 3.63) is 24.0 Å². The van der Waals surface area contributed by atoms with E-state index in [4.69, 9.17) is 14.2 Å². The van der Waals surface area contributed by atoms with Gasteiger partial charge < -0.3 is 24.0 Å². The smallest absolute Gasteiger partial charge is 0.410 e. The highest BCUT2D eigenvalue weighted by atomic mass is 19.1. The average Bonchev–Trinajstić information content (AvgIpc) is 2.55. The quantitative estimate of drug-likeness (QED) is 0.761. The molecule has 0 aromatic heterocycles. The molecule has 1 heterocycles. The van der Waals surface area contributed by atoms with E-state index in [0.29, 0.717) is 39.4 Å². The van der Waals surface area contributed by atoms with Crippen LogP contribution in [0.15, 0.2) is 18.2 Å². The summed E-state index contributed by atoms with van der Waals surface area (Å²) in [6, 6.07) is 4.92. The van der Waals surface area contributed by atoms with Crippen molar-refractivity contribution in [3.8, 4) is 5.75 Å². The Bertz CT molecular complexity index is 581. The summed E-state index contributed by atoms with van der Waals surface area (Å²) in [6.45, 7) is 8.60. The molecule has 6 nitrogen and oxygen atoms in total. The Balaban J connectivity index is 1.90. The number of rotatable bonds is 5. The summed E-state index contributed by atoms with van der Waals surface area (Å²) >= 11 is 0. The number of ether oxygens (including phenoxy) is 3. The maximum atomic E-state index is 14.1. The lowest BCUT2D eigenvalue weighted by molar-refractivity contribution is 0.0240. The minimum Gasteiger partial charge on any atom is -0.488 e. The van der Waals surface area contributed by atoms with Crippen molar-refractivity contribution in [3.63, 3.8) is 0 Å². The topological polar surface area (TPSA) is 51.2 Å². The second-order valence-corrected chi connectivity index (χ2v) is 6.91. The molecular formula is C18H27FN2O4. The highest BCUT2D eigenvalue weighted by molar-refractivity contribution is 5.68. The van der Waals surface area contributed by atoms with Gasteiger partial charge in [0.2, 0.25) is 0 Å². The molecule has 7 heteroatoms. The van der Waals surface area contributed by atoms with Crippen molar-refractivity contribution >= 4 is 11.8 Å². The van der Waals surface area contributed by atoms with Crippen molar-refractivity contribution in [2.24, 2.45) is 0 Å². The number of anilines is 1. The first-order chi connectivity index (χ1) is 11.8. The third kappa shape index (κ3) is 5.77. The predicted octanol–water partition coefficient (Wildman–Crippen LogP) is 2.91. The minimum atomic E-state index is -0.504. The number of hydrogen-bond acceptors (Lipinski definition) is 5. The first kappa shape index (κ1) is 19.3. The summed E-state index contributed by atoms with van der Waals surface area (Å²) in [5, 5.41) is 0. The van der Waals surface area contributed by atoms with Crippen molar-refractivity contribution in [1.29, 1.82) is 0 Å². The van der Waals surface area contributed by atoms with Gasteiger partial charge in [-0.1, -0.05) is 0 Å². The Labute approximate surface area is 148 Å². The van der Waals surface area contributed by atoms with Crippen LogP contribution >= 0.6 is 0 Å². The van der Waals surface area contributed by atoms with Crippen LogP contribution in [0.1, 0.15) is 20.8 Å². The molecule has 0 aliphatic carbocycles. The van der Waals surface area contributed by atoms with E-state index in [2.05, 4.69) is 0 Å². The SMILES string of the molecule is COCCOc1ccc(N2CCN(C(=O)OC(C)(C)C)CC2)cc1F. The number of nitrogens with zero attached hydrogens (tertiary/aromatic N) is 2. The van der Waals surface area contributed by atoms with Gasteiger partial charge in [0.05, 0.1) is 6.61 Å². The Morgan fingerprint density at radius 3 is 2.40 bits per heavy atom. The zero-order valence-corrected chi connectivity index (χ0v) is 15.4. The van der Waals surface area contributed by atoms with Crippen LogP contribution in [0.3, 0.4) is 0 Å². The monoisotopic (exact) mass is 354 g/mol. The number of methoxy groups -OCH3 is 1. The molecule has 1 amide bonds. The summed E-state index contributed by atoms with van der Waals surface area (Å²) in [4.78, 5) is 15.8.